The van der Waals surface area contributed by atoms with Crippen LogP contribution in [0.3, 0.4) is 0 Å². The van der Waals surface area contributed by atoms with Crippen LogP contribution in [0, 0.1) is 12.9 Å². The Morgan fingerprint density at radius 2 is 1.12 bits per heavy atom. The van der Waals surface area contributed by atoms with Crippen LogP contribution in [-0.2, 0) is 21.1 Å². The summed E-state index contributed by atoms with van der Waals surface area (Å²) in [5.41, 5.74) is 14.0. The SMILES string of the molecule is [2H]C([2H])([2H])c1cc(-c2c(C([2H])(C)C)cccc2C([2H])(C)C)ccc1-n1c(-c2ccccc2O)nc2c(-c3[c-]c(-c4cc(-c5ccc(-c6ccccc6)cc5)ccn4)cc(-c4ccccc4)c3)cccc21.[Pt]. The van der Waals surface area contributed by atoms with Crippen LogP contribution in [0.5, 0.6) is 5.75 Å². The van der Waals surface area contributed by atoms with E-state index in [0.29, 0.717) is 50.4 Å². The maximum absolute atomic E-state index is 11.5. The van der Waals surface area contributed by atoms with Crippen molar-refractivity contribution in [1.82, 2.24) is 14.5 Å². The molecule has 5 heteroatoms. The number of benzene rings is 8. The standard InChI is InChI=1S/C61H50N3O.Pt/c1-39(2)51-21-14-22-52(40(3)4)59(51)47-30-31-56(41(5)34-47)64-57-24-15-23-53(60(57)63-61(64)54-20-12-13-25-58(54)65)49-35-48(43-18-10-7-11-19-43)36-50(37-49)55-38-46(32-33-62-55)45-28-26-44(27-29-45)42-16-8-6-9-17-42;/h6-36,38-40,65H,1-5H3;/q-1;/i5D3,39D,40D;. The summed E-state index contributed by atoms with van der Waals surface area (Å²) in [4.78, 5) is 10.2. The van der Waals surface area contributed by atoms with E-state index in [-0.39, 0.29) is 32.4 Å². The molecule has 0 saturated heterocycles. The number of nitrogens with zero attached hydrogens (tertiary/aromatic N) is 3. The van der Waals surface area contributed by atoms with Crippen LogP contribution in [0.2, 0.25) is 0 Å². The van der Waals surface area contributed by atoms with Crippen LogP contribution in [0.1, 0.15) is 63.0 Å². The van der Waals surface area contributed by atoms with Gasteiger partial charge in [0.1, 0.15) is 11.6 Å². The summed E-state index contributed by atoms with van der Waals surface area (Å²) in [5, 5.41) is 11.5. The van der Waals surface area contributed by atoms with Crippen LogP contribution >= 0.6 is 0 Å². The largest absolute Gasteiger partial charge is 0.507 e. The Morgan fingerprint density at radius 1 is 0.545 bits per heavy atom. The fourth-order valence-electron chi connectivity index (χ4n) is 8.88. The zero-order valence-electron chi connectivity index (χ0n) is 42.1. The van der Waals surface area contributed by atoms with Crippen LogP contribution in [-0.4, -0.2) is 19.6 Å². The molecule has 0 amide bonds. The predicted octanol–water partition coefficient (Wildman–Crippen LogP) is 16.1. The van der Waals surface area contributed by atoms with Crippen molar-refractivity contribution in [2.45, 2.75) is 46.3 Å². The molecule has 0 atom stereocenters. The third-order valence-electron chi connectivity index (χ3n) is 12.1. The molecule has 0 aliphatic rings. The number of hydrogen-bond acceptors (Lipinski definition) is 3. The van der Waals surface area contributed by atoms with Crippen LogP contribution in [0.15, 0.2) is 194 Å². The van der Waals surface area contributed by atoms with Crippen molar-refractivity contribution in [3.8, 4) is 89.7 Å². The third kappa shape index (κ3) is 8.46. The van der Waals surface area contributed by atoms with Gasteiger partial charge in [0.25, 0.3) is 0 Å². The number of phenols is 1. The molecule has 10 aromatic rings. The Kier molecular flexibility index (Phi) is 10.9. The first-order valence-corrected chi connectivity index (χ1v) is 21.9. The topological polar surface area (TPSA) is 50.9 Å². The van der Waals surface area contributed by atoms with Crippen molar-refractivity contribution in [3.63, 3.8) is 0 Å². The van der Waals surface area contributed by atoms with E-state index in [9.17, 15) is 5.11 Å². The second kappa shape index (κ2) is 18.8. The summed E-state index contributed by atoms with van der Waals surface area (Å²) >= 11 is 0. The van der Waals surface area contributed by atoms with Crippen LogP contribution in [0.25, 0.3) is 95.0 Å². The number of rotatable bonds is 10. The molecule has 2 heterocycles. The van der Waals surface area contributed by atoms with Crippen molar-refractivity contribution >= 4 is 11.0 Å². The molecule has 4 nitrogen and oxygen atoms in total. The van der Waals surface area contributed by atoms with Crippen molar-refractivity contribution in [2.75, 3.05) is 0 Å². The van der Waals surface area contributed by atoms with E-state index in [1.54, 1.807) is 58.0 Å². The molecule has 0 fully saturated rings. The molecule has 66 heavy (non-hydrogen) atoms. The number of aromatic nitrogens is 3. The maximum atomic E-state index is 11.5. The summed E-state index contributed by atoms with van der Waals surface area (Å²) in [7, 11) is 0. The Bertz CT molecular complexity index is 3530. The van der Waals surface area contributed by atoms with E-state index in [1.807, 2.05) is 102 Å². The van der Waals surface area contributed by atoms with Gasteiger partial charge in [-0.15, -0.1) is 23.8 Å². The Balaban J connectivity index is 0.00000624. The Labute approximate surface area is 409 Å². The molecule has 0 bridgehead atoms. The predicted molar refractivity (Wildman–Crippen MR) is 270 cm³/mol. The number of fused-ring (bicyclic) bond motifs is 1. The third-order valence-corrected chi connectivity index (χ3v) is 12.1. The average Bonchev–Trinajstić information content (AvgIpc) is 3.75. The van der Waals surface area contributed by atoms with E-state index in [2.05, 4.69) is 72.8 Å². The summed E-state index contributed by atoms with van der Waals surface area (Å²) in [6, 6.07) is 64.8. The van der Waals surface area contributed by atoms with Gasteiger partial charge in [0.2, 0.25) is 0 Å². The van der Waals surface area contributed by atoms with E-state index in [1.165, 1.54) is 0 Å². The number of pyridine rings is 1. The van der Waals surface area contributed by atoms with Crippen molar-refractivity contribution in [3.05, 3.63) is 217 Å². The first-order chi connectivity index (χ1) is 33.5. The monoisotopic (exact) mass is 1040 g/mol. The molecule has 0 radical (unpaired) electrons. The first-order valence-electron chi connectivity index (χ1n) is 24.4. The van der Waals surface area contributed by atoms with Gasteiger partial charge >= 0.3 is 0 Å². The molecule has 0 spiro atoms. The van der Waals surface area contributed by atoms with Crippen LogP contribution < -0.4 is 0 Å². The van der Waals surface area contributed by atoms with E-state index in [4.69, 9.17) is 16.8 Å². The van der Waals surface area contributed by atoms with Crippen LogP contribution in [0.4, 0.5) is 0 Å². The van der Waals surface area contributed by atoms with E-state index < -0.39 is 18.6 Å². The number of imidazole rings is 1. The number of aromatic hydroxyl groups is 1. The molecule has 10 rings (SSSR count). The second-order valence-corrected chi connectivity index (χ2v) is 16.9. The van der Waals surface area contributed by atoms with Gasteiger partial charge in [0.15, 0.2) is 0 Å². The molecule has 0 aliphatic carbocycles. The van der Waals surface area contributed by atoms with Crippen molar-refractivity contribution < 1.29 is 33.0 Å². The fraction of sp³-hybridized carbons (Fsp3) is 0.115. The second-order valence-electron chi connectivity index (χ2n) is 16.9. The normalized spacial score (nSPS) is 12.9. The number of hydrogen-bond donors (Lipinski definition) is 1. The zero-order valence-corrected chi connectivity index (χ0v) is 39.4. The van der Waals surface area contributed by atoms with E-state index >= 15 is 0 Å². The number of para-hydroxylation sites is 2. The maximum Gasteiger partial charge on any atom is 0.148 e. The van der Waals surface area contributed by atoms with Crippen molar-refractivity contribution in [1.29, 1.82) is 0 Å². The molecule has 1 N–H and O–H groups in total. The van der Waals surface area contributed by atoms with E-state index in [0.717, 1.165) is 55.8 Å². The molecular weight excluding hydrogens is 986 g/mol. The van der Waals surface area contributed by atoms with Gasteiger partial charge in [-0.2, -0.15) is 0 Å². The van der Waals surface area contributed by atoms with Gasteiger partial charge in [-0.1, -0.05) is 184 Å². The molecule has 0 aliphatic heterocycles. The minimum atomic E-state index is -2.62. The molecule has 0 saturated carbocycles. The van der Waals surface area contributed by atoms with Gasteiger partial charge in [-0.3, -0.25) is 9.55 Å². The summed E-state index contributed by atoms with van der Waals surface area (Å²) in [6.45, 7) is 4.59. The smallest absolute Gasteiger partial charge is 0.148 e. The molecule has 326 valence electrons. The molecule has 2 aromatic heterocycles. The Hall–Kier alpha value is -7.13. The van der Waals surface area contributed by atoms with Gasteiger partial charge in [-0.25, -0.2) is 4.98 Å². The van der Waals surface area contributed by atoms with Gasteiger partial charge < -0.3 is 5.11 Å². The molecule has 0 unspecified atom stereocenters. The summed E-state index contributed by atoms with van der Waals surface area (Å²) < 4.78 is 47.1. The molecule has 8 aromatic carbocycles. The number of aryl methyl sites for hydroxylation is 1. The average molecular weight is 1040 g/mol. The van der Waals surface area contributed by atoms with Gasteiger partial charge in [0.05, 0.1) is 22.3 Å². The number of phenolic OH excluding ortho intramolecular Hbond substituents is 1. The minimum Gasteiger partial charge on any atom is -0.507 e. The Morgan fingerprint density at radius 3 is 1.79 bits per heavy atom. The van der Waals surface area contributed by atoms with Crippen molar-refractivity contribution in [2.24, 2.45) is 0 Å². The minimum absolute atomic E-state index is 0. The molecular formula is C61H50N3OPt-. The summed E-state index contributed by atoms with van der Waals surface area (Å²) in [5.74, 6) is -1.76. The fourth-order valence-corrected chi connectivity index (χ4v) is 8.88. The first kappa shape index (κ1) is 38.2. The van der Waals surface area contributed by atoms with Gasteiger partial charge in [-0.05, 0) is 111 Å². The summed E-state index contributed by atoms with van der Waals surface area (Å²) in [6.07, 6.45) is 1.83. The van der Waals surface area contributed by atoms with Gasteiger partial charge in [0, 0.05) is 39.8 Å². The quantitative estimate of drug-likeness (QED) is 0.139. The zero-order chi connectivity index (χ0) is 49.0.